The predicted octanol–water partition coefficient (Wildman–Crippen LogP) is 12.7. The fourth-order valence-electron chi connectivity index (χ4n) is 6.55. The minimum absolute atomic E-state index is 0.00830. The Morgan fingerprint density at radius 3 is 1.42 bits per heavy atom. The summed E-state index contributed by atoms with van der Waals surface area (Å²) in [5, 5.41) is 0. The fraction of sp³-hybridized carbons (Fsp3) is 0.867. The number of unbranched alkanes of at least 4 members (excludes halogenated alkanes) is 22. The Hall–Kier alpha value is -1.51. The lowest BCUT2D eigenvalue weighted by Crippen LogP contribution is -2.49. The largest absolute Gasteiger partial charge is 0.472 e. The summed E-state index contributed by atoms with van der Waals surface area (Å²) in [5.41, 5.74) is 0. The molecule has 55 heavy (non-hydrogen) atoms. The molecule has 0 heterocycles. The molecular formula is C45H87NO8P+. The molecule has 0 saturated heterocycles. The third kappa shape index (κ3) is 39.1. The van der Waals surface area contributed by atoms with Crippen molar-refractivity contribution in [2.75, 3.05) is 47.0 Å². The van der Waals surface area contributed by atoms with Crippen LogP contribution in [0.4, 0.5) is 0 Å². The van der Waals surface area contributed by atoms with Gasteiger partial charge in [-0.05, 0) is 71.1 Å². The van der Waals surface area contributed by atoms with Crippen LogP contribution in [0.15, 0.2) is 24.3 Å². The first-order chi connectivity index (χ1) is 26.5. The van der Waals surface area contributed by atoms with E-state index in [0.29, 0.717) is 30.4 Å². The molecule has 0 fully saturated rings. The van der Waals surface area contributed by atoms with Crippen molar-refractivity contribution < 1.29 is 42.1 Å². The molecular weight excluding hydrogens is 713 g/mol. The minimum atomic E-state index is -4.10. The zero-order valence-corrected chi connectivity index (χ0v) is 37.3. The highest BCUT2D eigenvalue weighted by Gasteiger charge is 2.28. The summed E-state index contributed by atoms with van der Waals surface area (Å²) >= 11 is 0. The molecule has 1 N–H and O–H groups in total. The van der Waals surface area contributed by atoms with E-state index in [2.05, 4.69) is 38.2 Å². The van der Waals surface area contributed by atoms with Gasteiger partial charge in [-0.15, -0.1) is 0 Å². The molecule has 2 unspecified atom stereocenters. The second-order valence-corrected chi connectivity index (χ2v) is 17.5. The first-order valence-electron chi connectivity index (χ1n) is 22.6. The Kier molecular flexibility index (Phi) is 37.0. The number of rotatable bonds is 41. The van der Waals surface area contributed by atoms with Crippen LogP contribution in [0.1, 0.15) is 201 Å². The molecule has 10 heteroatoms. The number of hydrogen-bond acceptors (Lipinski definition) is 7. The third-order valence-corrected chi connectivity index (χ3v) is 11.0. The van der Waals surface area contributed by atoms with Crippen LogP contribution in [-0.2, 0) is 32.7 Å². The van der Waals surface area contributed by atoms with Gasteiger partial charge in [0.2, 0.25) is 0 Å². The fourth-order valence-corrected chi connectivity index (χ4v) is 7.27. The molecule has 9 nitrogen and oxygen atoms in total. The molecule has 0 rings (SSSR count). The minimum Gasteiger partial charge on any atom is -0.461 e. The van der Waals surface area contributed by atoms with E-state index in [4.69, 9.17) is 18.5 Å². The average Bonchev–Trinajstić information content (AvgIpc) is 3.13. The Labute approximate surface area is 339 Å². The first-order valence-corrected chi connectivity index (χ1v) is 24.1. The maximum absolute atomic E-state index is 12.9. The lowest BCUT2D eigenvalue weighted by Gasteiger charge is -2.33. The van der Waals surface area contributed by atoms with Crippen LogP contribution in [0.2, 0.25) is 0 Å². The second kappa shape index (κ2) is 38.0. The van der Waals surface area contributed by atoms with E-state index >= 15 is 0 Å². The molecule has 0 saturated carbocycles. The molecule has 0 aliphatic rings. The van der Waals surface area contributed by atoms with Crippen LogP contribution in [0.5, 0.6) is 0 Å². The van der Waals surface area contributed by atoms with Crippen molar-refractivity contribution in [1.29, 1.82) is 0 Å². The molecule has 0 aromatic rings. The van der Waals surface area contributed by atoms with Crippen LogP contribution in [0.25, 0.3) is 0 Å². The van der Waals surface area contributed by atoms with Crippen LogP contribution < -0.4 is 0 Å². The average molecular weight is 801 g/mol. The number of allylic oxidation sites excluding steroid dienone is 4. The highest BCUT2D eigenvalue weighted by atomic mass is 31.2. The van der Waals surface area contributed by atoms with E-state index in [9.17, 15) is 19.0 Å². The van der Waals surface area contributed by atoms with Crippen LogP contribution >= 0.6 is 7.82 Å². The van der Waals surface area contributed by atoms with Gasteiger partial charge in [-0.1, -0.05) is 141 Å². The van der Waals surface area contributed by atoms with Gasteiger partial charge in [0, 0.05) is 12.8 Å². The molecule has 0 spiro atoms. The molecule has 2 atom stereocenters. The van der Waals surface area contributed by atoms with E-state index in [1.807, 2.05) is 14.1 Å². The molecule has 0 aliphatic carbocycles. The molecule has 324 valence electrons. The second-order valence-electron chi connectivity index (χ2n) is 16.0. The normalized spacial score (nSPS) is 13.8. The van der Waals surface area contributed by atoms with Gasteiger partial charge >= 0.3 is 19.8 Å². The summed E-state index contributed by atoms with van der Waals surface area (Å²) in [6.07, 6.45) is 40.5. The molecule has 0 radical (unpaired) electrons. The number of nitrogens with zero attached hydrogens (tertiary/aromatic N) is 1. The van der Waals surface area contributed by atoms with Crippen molar-refractivity contribution in [3.8, 4) is 0 Å². The standard InChI is InChI=1S/C45H86NO8P/c1-6-9-11-13-15-17-19-21-23-25-27-29-31-33-35-37-44(47)51-42-43(41-46(4,5)39-40-53-55(49,50)52-8-3)54-45(48)38-36-34-32-30-28-26-24-22-20-18-16-14-12-10-7-2/h21-24,43H,6-20,25-42H2,1-5H3/p+1/b23-21-,24-22-. The lowest BCUT2D eigenvalue weighted by atomic mass is 10.1. The number of carbonyl (C=O) groups is 2. The number of phosphoric ester groups is 1. The Balaban J connectivity index is 4.48. The highest BCUT2D eigenvalue weighted by molar-refractivity contribution is 7.47. The van der Waals surface area contributed by atoms with Gasteiger partial charge in [0.05, 0.1) is 20.7 Å². The smallest absolute Gasteiger partial charge is 0.461 e. The van der Waals surface area contributed by atoms with E-state index in [1.54, 1.807) is 6.92 Å². The van der Waals surface area contributed by atoms with Gasteiger partial charge in [-0.2, -0.15) is 0 Å². The summed E-state index contributed by atoms with van der Waals surface area (Å²) in [6, 6.07) is 0. The van der Waals surface area contributed by atoms with Gasteiger partial charge in [0.1, 0.15) is 26.3 Å². The van der Waals surface area contributed by atoms with E-state index in [-0.39, 0.29) is 31.8 Å². The Morgan fingerprint density at radius 2 is 0.982 bits per heavy atom. The SMILES string of the molecule is CCCCCCCC/C=C\CCCCCCCC(=O)OCC(C[N+](C)(C)CCOP(=O)(O)OCC)OC(=O)CCCCCCC/C=C\CCCCCCCC. The number of phosphoric acid groups is 1. The maximum atomic E-state index is 12.9. The predicted molar refractivity (Wildman–Crippen MR) is 229 cm³/mol. The number of carbonyl (C=O) groups excluding carboxylic acids is 2. The molecule has 0 amide bonds. The quantitative estimate of drug-likeness (QED) is 0.0214. The zero-order valence-electron chi connectivity index (χ0n) is 36.4. The van der Waals surface area contributed by atoms with Crippen molar-refractivity contribution in [1.82, 2.24) is 0 Å². The molecule has 0 aromatic heterocycles. The summed E-state index contributed by atoms with van der Waals surface area (Å²) in [7, 11) is -0.258. The van der Waals surface area contributed by atoms with Gasteiger partial charge < -0.3 is 18.9 Å². The van der Waals surface area contributed by atoms with Crippen LogP contribution in [0, 0.1) is 0 Å². The summed E-state index contributed by atoms with van der Waals surface area (Å²) in [6.45, 7) is 6.93. The molecule has 0 bridgehead atoms. The number of likely N-dealkylation sites (N-methyl/N-ethyl adjacent to an activating group) is 1. The summed E-state index contributed by atoms with van der Waals surface area (Å²) < 4.78 is 33.6. The number of quaternary nitrogens is 1. The maximum Gasteiger partial charge on any atom is 0.472 e. The van der Waals surface area contributed by atoms with E-state index in [1.165, 1.54) is 103 Å². The number of hydrogen-bond donors (Lipinski definition) is 1. The zero-order chi connectivity index (χ0) is 40.7. The van der Waals surface area contributed by atoms with Crippen molar-refractivity contribution in [3.05, 3.63) is 24.3 Å². The lowest BCUT2D eigenvalue weighted by molar-refractivity contribution is -0.893. The Bertz CT molecular complexity index is 1000. The van der Waals surface area contributed by atoms with E-state index in [0.717, 1.165) is 64.2 Å². The van der Waals surface area contributed by atoms with Gasteiger partial charge in [0.25, 0.3) is 0 Å². The van der Waals surface area contributed by atoms with Crippen molar-refractivity contribution in [3.63, 3.8) is 0 Å². The Morgan fingerprint density at radius 1 is 0.582 bits per heavy atom. The van der Waals surface area contributed by atoms with Crippen molar-refractivity contribution in [2.45, 2.75) is 207 Å². The van der Waals surface area contributed by atoms with Gasteiger partial charge in [-0.25, -0.2) is 4.57 Å². The van der Waals surface area contributed by atoms with Crippen molar-refractivity contribution >= 4 is 19.8 Å². The summed E-state index contributed by atoms with van der Waals surface area (Å²) in [5.74, 6) is -0.564. The van der Waals surface area contributed by atoms with E-state index < -0.39 is 13.9 Å². The number of esters is 2. The van der Waals surface area contributed by atoms with Crippen LogP contribution in [0.3, 0.4) is 0 Å². The monoisotopic (exact) mass is 801 g/mol. The molecule has 0 aliphatic heterocycles. The first kappa shape index (κ1) is 53.5. The number of ether oxygens (including phenoxy) is 2. The summed E-state index contributed by atoms with van der Waals surface area (Å²) in [4.78, 5) is 35.3. The van der Waals surface area contributed by atoms with Crippen LogP contribution in [-0.4, -0.2) is 74.4 Å². The topological polar surface area (TPSA) is 108 Å². The van der Waals surface area contributed by atoms with Crippen molar-refractivity contribution in [2.24, 2.45) is 0 Å². The highest BCUT2D eigenvalue weighted by Crippen LogP contribution is 2.42. The van der Waals surface area contributed by atoms with Gasteiger partial charge in [0.15, 0.2) is 6.10 Å². The third-order valence-electron chi connectivity index (χ3n) is 9.95. The van der Waals surface area contributed by atoms with Gasteiger partial charge in [-0.3, -0.25) is 18.6 Å². The molecule has 0 aromatic carbocycles.